The molecule has 2 amide bonds. The van der Waals surface area contributed by atoms with Crippen molar-refractivity contribution in [3.8, 4) is 0 Å². The number of urea groups is 1. The average Bonchev–Trinajstić information content (AvgIpc) is 2.38. The Morgan fingerprint density at radius 1 is 1.33 bits per heavy atom. The first-order valence-electron chi connectivity index (χ1n) is 6.85. The summed E-state index contributed by atoms with van der Waals surface area (Å²) in [5.41, 5.74) is 2.04. The van der Waals surface area contributed by atoms with Crippen LogP contribution in [0.4, 0.5) is 10.5 Å². The summed E-state index contributed by atoms with van der Waals surface area (Å²) in [7, 11) is 0. The molecule has 0 fully saturated rings. The summed E-state index contributed by atoms with van der Waals surface area (Å²) >= 11 is 1.74. The summed E-state index contributed by atoms with van der Waals surface area (Å²) in [5, 5.41) is 14.7. The highest BCUT2D eigenvalue weighted by atomic mass is 32.2. The molecule has 0 aliphatic carbocycles. The minimum absolute atomic E-state index is 0.0222. The molecule has 116 valence electrons. The second-order valence-electron chi connectivity index (χ2n) is 4.97. The first kappa shape index (κ1) is 17.4. The quantitative estimate of drug-likeness (QED) is 0.753. The van der Waals surface area contributed by atoms with E-state index in [9.17, 15) is 14.7 Å². The molecule has 5 nitrogen and oxygen atoms in total. The summed E-state index contributed by atoms with van der Waals surface area (Å²) in [6.07, 6.45) is 0. The molecule has 0 aliphatic heterocycles. The SMILES string of the molecule is CCSCC(C)NC(=O)Nc1c(C)cc(C)cc1C(=O)O. The fraction of sp³-hybridized carbons (Fsp3) is 0.467. The molecule has 1 unspecified atom stereocenters. The number of hydrogen-bond acceptors (Lipinski definition) is 3. The molecule has 0 spiro atoms. The lowest BCUT2D eigenvalue weighted by Crippen LogP contribution is -2.38. The zero-order valence-corrected chi connectivity index (χ0v) is 13.6. The monoisotopic (exact) mass is 310 g/mol. The zero-order valence-electron chi connectivity index (χ0n) is 12.8. The maximum absolute atomic E-state index is 12.0. The maximum atomic E-state index is 12.0. The topological polar surface area (TPSA) is 78.4 Å². The van der Waals surface area contributed by atoms with Gasteiger partial charge < -0.3 is 15.7 Å². The predicted molar refractivity (Wildman–Crippen MR) is 87.5 cm³/mol. The maximum Gasteiger partial charge on any atom is 0.337 e. The summed E-state index contributed by atoms with van der Waals surface area (Å²) in [6.45, 7) is 7.59. The van der Waals surface area contributed by atoms with Gasteiger partial charge in [-0.1, -0.05) is 13.0 Å². The number of hydrogen-bond donors (Lipinski definition) is 3. The average molecular weight is 310 g/mol. The van der Waals surface area contributed by atoms with Crippen LogP contribution in [-0.2, 0) is 0 Å². The summed E-state index contributed by atoms with van der Waals surface area (Å²) in [4.78, 5) is 23.3. The third kappa shape index (κ3) is 5.30. The molecule has 0 heterocycles. The number of carbonyl (C=O) groups is 2. The summed E-state index contributed by atoms with van der Waals surface area (Å²) < 4.78 is 0. The highest BCUT2D eigenvalue weighted by Gasteiger charge is 2.16. The van der Waals surface area contributed by atoms with Crippen LogP contribution in [0.5, 0.6) is 0 Å². The molecule has 0 radical (unpaired) electrons. The standard InChI is InChI=1S/C15H22N2O3S/c1-5-21-8-11(4)16-15(20)17-13-10(3)6-9(2)7-12(13)14(18)19/h6-7,11H,5,8H2,1-4H3,(H,18,19)(H2,16,17,20). The number of rotatable bonds is 6. The lowest BCUT2D eigenvalue weighted by molar-refractivity contribution is 0.0698. The van der Waals surface area contributed by atoms with E-state index in [1.54, 1.807) is 24.8 Å². The van der Waals surface area contributed by atoms with E-state index in [1.165, 1.54) is 0 Å². The molecular weight excluding hydrogens is 288 g/mol. The van der Waals surface area contributed by atoms with Crippen molar-refractivity contribution < 1.29 is 14.7 Å². The third-order valence-electron chi connectivity index (χ3n) is 2.90. The molecule has 0 aliphatic rings. The summed E-state index contributed by atoms with van der Waals surface area (Å²) in [5.74, 6) is 0.767. The van der Waals surface area contributed by atoms with Crippen LogP contribution in [0.3, 0.4) is 0 Å². The zero-order chi connectivity index (χ0) is 16.0. The minimum atomic E-state index is -1.05. The van der Waals surface area contributed by atoms with Crippen LogP contribution in [0.15, 0.2) is 12.1 Å². The normalized spacial score (nSPS) is 11.8. The van der Waals surface area contributed by atoms with E-state index in [0.717, 1.165) is 22.6 Å². The van der Waals surface area contributed by atoms with Gasteiger partial charge >= 0.3 is 12.0 Å². The second kappa shape index (κ2) is 7.93. The van der Waals surface area contributed by atoms with Crippen molar-refractivity contribution in [3.05, 3.63) is 28.8 Å². The van der Waals surface area contributed by atoms with E-state index in [0.29, 0.717) is 5.69 Å². The van der Waals surface area contributed by atoms with Crippen molar-refractivity contribution in [1.82, 2.24) is 5.32 Å². The van der Waals surface area contributed by atoms with E-state index in [2.05, 4.69) is 17.6 Å². The first-order chi connectivity index (χ1) is 9.85. The fourth-order valence-electron chi connectivity index (χ4n) is 2.01. The number of carboxylic acids is 1. The lowest BCUT2D eigenvalue weighted by atomic mass is 10.0. The largest absolute Gasteiger partial charge is 0.478 e. The van der Waals surface area contributed by atoms with E-state index in [1.807, 2.05) is 19.9 Å². The molecule has 21 heavy (non-hydrogen) atoms. The van der Waals surface area contributed by atoms with Gasteiger partial charge in [0.25, 0.3) is 0 Å². The Morgan fingerprint density at radius 3 is 2.57 bits per heavy atom. The van der Waals surface area contributed by atoms with Gasteiger partial charge in [0, 0.05) is 11.8 Å². The number of thioether (sulfide) groups is 1. The van der Waals surface area contributed by atoms with Crippen molar-refractivity contribution >= 4 is 29.4 Å². The van der Waals surface area contributed by atoms with E-state index in [4.69, 9.17) is 0 Å². The molecule has 0 saturated heterocycles. The van der Waals surface area contributed by atoms with Crippen molar-refractivity contribution in [3.63, 3.8) is 0 Å². The van der Waals surface area contributed by atoms with Crippen LogP contribution < -0.4 is 10.6 Å². The molecule has 6 heteroatoms. The number of benzene rings is 1. The van der Waals surface area contributed by atoms with Gasteiger partial charge in [-0.3, -0.25) is 0 Å². The Morgan fingerprint density at radius 2 is 2.00 bits per heavy atom. The van der Waals surface area contributed by atoms with Gasteiger partial charge in [0.2, 0.25) is 0 Å². The number of aromatic carboxylic acids is 1. The molecular formula is C15H22N2O3S. The smallest absolute Gasteiger partial charge is 0.337 e. The lowest BCUT2D eigenvalue weighted by Gasteiger charge is -2.16. The number of amides is 2. The van der Waals surface area contributed by atoms with Gasteiger partial charge in [-0.05, 0) is 43.7 Å². The Hall–Kier alpha value is -1.69. The van der Waals surface area contributed by atoms with E-state index < -0.39 is 5.97 Å². The van der Waals surface area contributed by atoms with Gasteiger partial charge in [0.15, 0.2) is 0 Å². The minimum Gasteiger partial charge on any atom is -0.478 e. The van der Waals surface area contributed by atoms with Crippen molar-refractivity contribution in [2.24, 2.45) is 0 Å². The van der Waals surface area contributed by atoms with Crippen molar-refractivity contribution in [2.75, 3.05) is 16.8 Å². The molecule has 1 rings (SSSR count). The fourth-order valence-corrected chi connectivity index (χ4v) is 2.68. The molecule has 3 N–H and O–H groups in total. The highest BCUT2D eigenvalue weighted by Crippen LogP contribution is 2.22. The van der Waals surface area contributed by atoms with Crippen LogP contribution in [0.1, 0.15) is 35.3 Å². The number of nitrogens with one attached hydrogen (secondary N) is 2. The molecule has 1 aromatic carbocycles. The Balaban J connectivity index is 2.83. The Labute approximate surface area is 129 Å². The van der Waals surface area contributed by atoms with Crippen LogP contribution in [-0.4, -0.2) is 34.7 Å². The van der Waals surface area contributed by atoms with Gasteiger partial charge in [-0.2, -0.15) is 11.8 Å². The second-order valence-corrected chi connectivity index (χ2v) is 6.29. The summed E-state index contributed by atoms with van der Waals surface area (Å²) in [6, 6.07) is 3.04. The predicted octanol–water partition coefficient (Wildman–Crippen LogP) is 3.26. The molecule has 1 aromatic rings. The van der Waals surface area contributed by atoms with Crippen molar-refractivity contribution in [1.29, 1.82) is 0 Å². The molecule has 1 atom stereocenters. The molecule has 0 aromatic heterocycles. The molecule has 0 saturated carbocycles. The highest BCUT2D eigenvalue weighted by molar-refractivity contribution is 7.99. The number of carboxylic acid groups (broad SMARTS) is 1. The van der Waals surface area contributed by atoms with Gasteiger partial charge in [0.1, 0.15) is 0 Å². The Kier molecular flexibility index (Phi) is 6.55. The third-order valence-corrected chi connectivity index (χ3v) is 4.04. The van der Waals surface area contributed by atoms with E-state index >= 15 is 0 Å². The number of aryl methyl sites for hydroxylation is 2. The first-order valence-corrected chi connectivity index (χ1v) is 8.00. The van der Waals surface area contributed by atoms with E-state index in [-0.39, 0.29) is 17.6 Å². The number of carbonyl (C=O) groups excluding carboxylic acids is 1. The van der Waals surface area contributed by atoms with Crippen LogP contribution in [0.2, 0.25) is 0 Å². The van der Waals surface area contributed by atoms with Gasteiger partial charge in [-0.15, -0.1) is 0 Å². The van der Waals surface area contributed by atoms with Gasteiger partial charge in [0.05, 0.1) is 11.3 Å². The number of anilines is 1. The van der Waals surface area contributed by atoms with Crippen LogP contribution in [0.25, 0.3) is 0 Å². The van der Waals surface area contributed by atoms with Gasteiger partial charge in [-0.25, -0.2) is 9.59 Å². The Bertz CT molecular complexity index is 532. The molecule has 0 bridgehead atoms. The van der Waals surface area contributed by atoms with Crippen LogP contribution in [0, 0.1) is 13.8 Å². The van der Waals surface area contributed by atoms with Crippen LogP contribution >= 0.6 is 11.8 Å². The van der Waals surface area contributed by atoms with Crippen molar-refractivity contribution in [2.45, 2.75) is 33.7 Å².